The molecule has 0 saturated carbocycles. The number of carbonyl (C=O) groups excluding carboxylic acids is 2. The summed E-state index contributed by atoms with van der Waals surface area (Å²) in [5, 5.41) is 19.3. The number of phenolic OH excluding ortho intramolecular Hbond substituents is 2. The van der Waals surface area contributed by atoms with E-state index in [1.54, 1.807) is 37.3 Å². The number of thiazole rings is 1. The zero-order valence-electron chi connectivity index (χ0n) is 18.8. The van der Waals surface area contributed by atoms with Crippen LogP contribution in [0.2, 0.25) is 0 Å². The lowest BCUT2D eigenvalue weighted by Crippen LogP contribution is -2.41. The summed E-state index contributed by atoms with van der Waals surface area (Å²) in [6.07, 6.45) is 1.60. The lowest BCUT2D eigenvalue weighted by atomic mass is 9.83. The van der Waals surface area contributed by atoms with Crippen LogP contribution in [-0.4, -0.2) is 40.4 Å². The third-order valence-electron chi connectivity index (χ3n) is 5.47. The molecule has 0 saturated heterocycles. The van der Waals surface area contributed by atoms with Gasteiger partial charge in [0.15, 0.2) is 0 Å². The maximum atomic E-state index is 13.4. The van der Waals surface area contributed by atoms with Crippen molar-refractivity contribution in [3.63, 3.8) is 0 Å². The number of nitrogens with two attached hydrogens (primary N) is 1. The second-order valence-corrected chi connectivity index (χ2v) is 8.63. The van der Waals surface area contributed by atoms with E-state index in [1.165, 1.54) is 31.4 Å². The Hall–Kier alpha value is -4.31. The number of methoxy groups -OCH3 is 1. The molecule has 10 heteroatoms. The first kappa shape index (κ1) is 23.8. The van der Waals surface area contributed by atoms with Gasteiger partial charge < -0.3 is 25.4 Å². The maximum Gasteiger partial charge on any atom is 0.338 e. The van der Waals surface area contributed by atoms with Crippen molar-refractivity contribution in [2.45, 2.75) is 12.8 Å². The molecule has 1 aliphatic heterocycles. The number of hydrogen-bond donors (Lipinski definition) is 3. The van der Waals surface area contributed by atoms with Gasteiger partial charge in [-0.1, -0.05) is 24.3 Å². The van der Waals surface area contributed by atoms with Gasteiger partial charge in [-0.05, 0) is 48.4 Å². The summed E-state index contributed by atoms with van der Waals surface area (Å²) in [6.45, 7) is 1.68. The summed E-state index contributed by atoms with van der Waals surface area (Å²) >= 11 is 1.02. The number of carbonyl (C=O) groups is 2. The first-order valence-corrected chi connectivity index (χ1v) is 11.4. The van der Waals surface area contributed by atoms with E-state index < -0.39 is 23.4 Å². The quantitative estimate of drug-likeness (QED) is 0.446. The van der Waals surface area contributed by atoms with Crippen LogP contribution >= 0.6 is 11.3 Å². The highest BCUT2D eigenvalue weighted by molar-refractivity contribution is 7.07. The van der Waals surface area contributed by atoms with Gasteiger partial charge in [-0.15, -0.1) is 11.3 Å². The summed E-state index contributed by atoms with van der Waals surface area (Å²) in [7, 11) is 1.20. The van der Waals surface area contributed by atoms with E-state index in [0.29, 0.717) is 11.1 Å². The summed E-state index contributed by atoms with van der Waals surface area (Å²) < 4.78 is 11.9. The number of aromatic hydroxyl groups is 2. The largest absolute Gasteiger partial charge is 0.508 e. The van der Waals surface area contributed by atoms with E-state index in [2.05, 4.69) is 0 Å². The first-order chi connectivity index (χ1) is 16.8. The van der Waals surface area contributed by atoms with Crippen molar-refractivity contribution in [1.29, 1.82) is 0 Å². The standard InChI is InChI=1S/C25H22N2O7S/c1-3-34-25(32)19-18(14-6-10-16(29)11-7-14)20(24(31)33-2)23-27(21(19)26)22(30)17(35-23)12-13-4-8-15(28)9-5-13/h4-12,18,28-29H,3,26H2,1-2H3/b17-12-. The van der Waals surface area contributed by atoms with Crippen LogP contribution in [-0.2, 0) is 19.1 Å². The molecule has 2 heterocycles. The van der Waals surface area contributed by atoms with Gasteiger partial charge in [-0.2, -0.15) is 0 Å². The van der Waals surface area contributed by atoms with Crippen LogP contribution in [0.4, 0.5) is 0 Å². The summed E-state index contributed by atoms with van der Waals surface area (Å²) in [5.41, 5.74) is 6.95. The van der Waals surface area contributed by atoms with Gasteiger partial charge in [0.25, 0.3) is 5.56 Å². The highest BCUT2D eigenvalue weighted by atomic mass is 32.1. The maximum absolute atomic E-state index is 13.4. The molecule has 180 valence electrons. The van der Waals surface area contributed by atoms with Crippen LogP contribution in [0.5, 0.6) is 11.5 Å². The van der Waals surface area contributed by atoms with Gasteiger partial charge in [0.05, 0.1) is 35.3 Å². The van der Waals surface area contributed by atoms with Crippen molar-refractivity contribution in [1.82, 2.24) is 4.57 Å². The molecule has 35 heavy (non-hydrogen) atoms. The summed E-state index contributed by atoms with van der Waals surface area (Å²) in [4.78, 5) is 39.5. The smallest absolute Gasteiger partial charge is 0.338 e. The average molecular weight is 495 g/mol. The van der Waals surface area contributed by atoms with Crippen molar-refractivity contribution in [3.8, 4) is 11.5 Å². The number of hydrogen-bond acceptors (Lipinski definition) is 9. The first-order valence-electron chi connectivity index (χ1n) is 10.6. The fourth-order valence-corrected chi connectivity index (χ4v) is 5.05. The third kappa shape index (κ3) is 4.31. The number of benzene rings is 2. The van der Waals surface area contributed by atoms with Gasteiger partial charge >= 0.3 is 11.9 Å². The number of phenols is 2. The minimum absolute atomic E-state index is 0.00219. The Bertz CT molecular complexity index is 1510. The van der Waals surface area contributed by atoms with E-state index in [1.807, 2.05) is 0 Å². The molecule has 1 aromatic heterocycles. The zero-order valence-corrected chi connectivity index (χ0v) is 19.7. The topological polar surface area (TPSA) is 141 Å². The Morgan fingerprint density at radius 2 is 1.63 bits per heavy atom. The molecule has 9 nitrogen and oxygen atoms in total. The van der Waals surface area contributed by atoms with Crippen LogP contribution in [0.1, 0.15) is 24.0 Å². The van der Waals surface area contributed by atoms with Crippen LogP contribution in [0.15, 0.2) is 58.9 Å². The Kier molecular flexibility index (Phi) is 6.48. The lowest BCUT2D eigenvalue weighted by molar-refractivity contribution is -0.138. The minimum atomic E-state index is -0.998. The van der Waals surface area contributed by atoms with Gasteiger partial charge in [0.2, 0.25) is 0 Å². The van der Waals surface area contributed by atoms with Gasteiger partial charge in [0.1, 0.15) is 22.0 Å². The monoisotopic (exact) mass is 494 g/mol. The molecule has 4 N–H and O–H groups in total. The number of esters is 2. The van der Waals surface area contributed by atoms with Crippen LogP contribution in [0, 0.1) is 0 Å². The Labute approximate surface area is 203 Å². The van der Waals surface area contributed by atoms with Crippen molar-refractivity contribution in [2.24, 2.45) is 5.73 Å². The highest BCUT2D eigenvalue weighted by Crippen LogP contribution is 2.38. The summed E-state index contributed by atoms with van der Waals surface area (Å²) in [6, 6.07) is 12.2. The van der Waals surface area contributed by atoms with E-state index >= 15 is 0 Å². The zero-order chi connectivity index (χ0) is 25.3. The number of aromatic nitrogens is 1. The van der Waals surface area contributed by atoms with E-state index in [4.69, 9.17) is 15.2 Å². The molecule has 0 amide bonds. The molecular weight excluding hydrogens is 472 g/mol. The number of fused-ring (bicyclic) bond motifs is 1. The number of ether oxygens (including phenoxy) is 2. The van der Waals surface area contributed by atoms with Crippen molar-refractivity contribution in [3.05, 3.63) is 84.8 Å². The fraction of sp³-hybridized carbons (Fsp3) is 0.160. The molecule has 0 fully saturated rings. The molecule has 2 aromatic carbocycles. The molecule has 0 spiro atoms. The van der Waals surface area contributed by atoms with E-state index in [9.17, 15) is 24.6 Å². The Morgan fingerprint density at radius 3 is 2.20 bits per heavy atom. The number of nitrogens with zero attached hydrogens (tertiary/aromatic N) is 1. The van der Waals surface area contributed by atoms with Crippen molar-refractivity contribution in [2.75, 3.05) is 13.7 Å². The third-order valence-corrected chi connectivity index (χ3v) is 6.57. The number of rotatable bonds is 5. The average Bonchev–Trinajstić information content (AvgIpc) is 3.16. The minimum Gasteiger partial charge on any atom is -0.508 e. The predicted octanol–water partition coefficient (Wildman–Crippen LogP) is 0.961. The van der Waals surface area contributed by atoms with Gasteiger partial charge in [0, 0.05) is 0 Å². The molecule has 0 radical (unpaired) electrons. The SMILES string of the molecule is CCOC(=O)C1=C(N)n2c(s/c(=C\c3ccc(O)cc3)c2=O)=C(C(=O)OC)C1c1ccc(O)cc1. The van der Waals surface area contributed by atoms with Gasteiger partial charge in [-0.25, -0.2) is 9.59 Å². The van der Waals surface area contributed by atoms with Crippen molar-refractivity contribution >= 4 is 40.7 Å². The molecule has 1 unspecified atom stereocenters. The molecule has 1 aliphatic rings. The normalized spacial score (nSPS) is 15.7. The van der Waals surface area contributed by atoms with Gasteiger partial charge in [-0.3, -0.25) is 9.36 Å². The molecule has 0 bridgehead atoms. The highest BCUT2D eigenvalue weighted by Gasteiger charge is 2.39. The van der Waals surface area contributed by atoms with Crippen LogP contribution < -0.4 is 20.5 Å². The second kappa shape index (κ2) is 9.51. The van der Waals surface area contributed by atoms with Crippen LogP contribution in [0.25, 0.3) is 17.5 Å². The predicted molar refractivity (Wildman–Crippen MR) is 130 cm³/mol. The molecule has 4 rings (SSSR count). The molecule has 1 atom stereocenters. The second-order valence-electron chi connectivity index (χ2n) is 7.60. The van der Waals surface area contributed by atoms with E-state index in [-0.39, 0.29) is 44.3 Å². The summed E-state index contributed by atoms with van der Waals surface area (Å²) in [5.74, 6) is -2.61. The lowest BCUT2D eigenvalue weighted by Gasteiger charge is -2.26. The molecule has 3 aromatic rings. The van der Waals surface area contributed by atoms with E-state index in [0.717, 1.165) is 15.9 Å². The molecule has 0 aliphatic carbocycles. The van der Waals surface area contributed by atoms with Crippen molar-refractivity contribution < 1.29 is 29.3 Å². The van der Waals surface area contributed by atoms with Crippen LogP contribution in [0.3, 0.4) is 0 Å². The Morgan fingerprint density at radius 1 is 1.03 bits per heavy atom. The molecular formula is C25H22N2O7S. The Balaban J connectivity index is 2.10. The fourth-order valence-electron chi connectivity index (χ4n) is 3.89.